The average molecular weight is 320 g/mol. The number of benzene rings is 1. The molecule has 0 bridgehead atoms. The van der Waals surface area contributed by atoms with Crippen molar-refractivity contribution >= 4 is 17.5 Å². The van der Waals surface area contributed by atoms with Gasteiger partial charge >= 0.3 is 0 Å². The second kappa shape index (κ2) is 6.66. The van der Waals surface area contributed by atoms with Crippen LogP contribution < -0.4 is 10.2 Å². The second-order valence-electron chi connectivity index (χ2n) is 6.63. The van der Waals surface area contributed by atoms with E-state index >= 15 is 0 Å². The van der Waals surface area contributed by atoms with Gasteiger partial charge in [0.05, 0.1) is 26.2 Å². The molecule has 1 aromatic rings. The fraction of sp³-hybridized carbons (Fsp3) is 0.529. The number of rotatable bonds is 4. The van der Waals surface area contributed by atoms with E-state index in [9.17, 15) is 14.0 Å². The zero-order valence-electron chi connectivity index (χ0n) is 13.3. The molecule has 0 aromatic heterocycles. The first-order valence-electron chi connectivity index (χ1n) is 8.20. The molecule has 2 aliphatic rings. The number of hydrogen-bond acceptors (Lipinski definition) is 2. The molecule has 124 valence electrons. The minimum Gasteiger partial charge on any atom is -0.331 e. The Kier molecular flexibility index (Phi) is 4.61. The Bertz CT molecular complexity index is 599. The van der Waals surface area contributed by atoms with Gasteiger partial charge < -0.3 is 15.1 Å². The Labute approximate surface area is 135 Å². The van der Waals surface area contributed by atoms with E-state index in [4.69, 9.17) is 0 Å². The third-order valence-electron chi connectivity index (χ3n) is 4.73. The van der Waals surface area contributed by atoms with Gasteiger partial charge in [0.25, 0.3) is 5.91 Å². The van der Waals surface area contributed by atoms with Crippen LogP contribution in [-0.2, 0) is 9.59 Å². The fourth-order valence-electron chi connectivity index (χ4n) is 3.12. The molecule has 1 aliphatic carbocycles. The minimum absolute atomic E-state index is 0.124. The number of piperazine rings is 1. The van der Waals surface area contributed by atoms with Gasteiger partial charge in [-0.1, -0.05) is 13.0 Å². The molecule has 2 amide bonds. The van der Waals surface area contributed by atoms with E-state index in [1.165, 1.54) is 12.1 Å². The van der Waals surface area contributed by atoms with E-state index in [1.54, 1.807) is 12.1 Å². The molecule has 2 atom stereocenters. The van der Waals surface area contributed by atoms with Crippen molar-refractivity contribution in [2.24, 2.45) is 11.8 Å². The molecule has 1 aliphatic heterocycles. The normalized spacial score (nSPS) is 24.3. The number of carbonyl (C=O) groups is 2. The highest BCUT2D eigenvalue weighted by Crippen LogP contribution is 2.39. The Balaban J connectivity index is 1.43. The highest BCUT2D eigenvalue weighted by Gasteiger charge is 2.42. The van der Waals surface area contributed by atoms with Crippen molar-refractivity contribution in [3.8, 4) is 0 Å². The van der Waals surface area contributed by atoms with Gasteiger partial charge in [0.2, 0.25) is 5.91 Å². The molecular formula is C17H23FN3O2+. The molecule has 6 heteroatoms. The summed E-state index contributed by atoms with van der Waals surface area (Å²) >= 11 is 0. The van der Waals surface area contributed by atoms with Crippen molar-refractivity contribution in [1.29, 1.82) is 0 Å². The van der Waals surface area contributed by atoms with Gasteiger partial charge in [0.15, 0.2) is 6.54 Å². The lowest BCUT2D eigenvalue weighted by Crippen LogP contribution is -3.15. The smallest absolute Gasteiger partial charge is 0.279 e. The Hall–Kier alpha value is -1.95. The lowest BCUT2D eigenvalue weighted by molar-refractivity contribution is -0.895. The summed E-state index contributed by atoms with van der Waals surface area (Å²) in [5.41, 5.74) is 0.478. The molecule has 1 saturated carbocycles. The van der Waals surface area contributed by atoms with Crippen LogP contribution in [0.25, 0.3) is 0 Å². The molecule has 1 aromatic carbocycles. The van der Waals surface area contributed by atoms with E-state index < -0.39 is 0 Å². The molecule has 5 nitrogen and oxygen atoms in total. The second-order valence-corrected chi connectivity index (χ2v) is 6.63. The van der Waals surface area contributed by atoms with Crippen molar-refractivity contribution < 1.29 is 18.9 Å². The Morgan fingerprint density at radius 1 is 1.35 bits per heavy atom. The number of quaternary nitrogens is 1. The number of hydrogen-bond donors (Lipinski definition) is 2. The summed E-state index contributed by atoms with van der Waals surface area (Å²) < 4.78 is 13.1. The van der Waals surface area contributed by atoms with Crippen LogP contribution in [0.4, 0.5) is 10.1 Å². The summed E-state index contributed by atoms with van der Waals surface area (Å²) in [6.07, 6.45) is 1.02. The van der Waals surface area contributed by atoms with Gasteiger partial charge in [-0.15, -0.1) is 0 Å². The van der Waals surface area contributed by atoms with E-state index in [-0.39, 0.29) is 23.5 Å². The largest absolute Gasteiger partial charge is 0.331 e. The average Bonchev–Trinajstić information content (AvgIpc) is 3.24. The third kappa shape index (κ3) is 4.07. The first-order chi connectivity index (χ1) is 11.0. The molecule has 0 radical (unpaired) electrons. The van der Waals surface area contributed by atoms with Crippen LogP contribution >= 0.6 is 0 Å². The van der Waals surface area contributed by atoms with Gasteiger partial charge in [0, 0.05) is 11.6 Å². The highest BCUT2D eigenvalue weighted by atomic mass is 19.1. The summed E-state index contributed by atoms with van der Waals surface area (Å²) in [6, 6.07) is 5.89. The molecule has 23 heavy (non-hydrogen) atoms. The van der Waals surface area contributed by atoms with Crippen molar-refractivity contribution in [1.82, 2.24) is 4.90 Å². The van der Waals surface area contributed by atoms with Crippen LogP contribution in [-0.4, -0.2) is 49.4 Å². The highest BCUT2D eigenvalue weighted by molar-refractivity contribution is 5.91. The lowest BCUT2D eigenvalue weighted by atomic mass is 10.2. The molecule has 3 rings (SSSR count). The van der Waals surface area contributed by atoms with Gasteiger partial charge in [-0.25, -0.2) is 4.39 Å². The van der Waals surface area contributed by atoms with Crippen molar-refractivity contribution in [3.05, 3.63) is 30.1 Å². The maximum atomic E-state index is 13.1. The maximum absolute atomic E-state index is 13.1. The molecule has 2 fully saturated rings. The van der Waals surface area contributed by atoms with E-state index in [2.05, 4.69) is 12.2 Å². The quantitative estimate of drug-likeness (QED) is 0.830. The minimum atomic E-state index is -0.364. The SMILES string of the molecule is C[C@H]1C[C@H]1C(=O)N1CC[NH+](CC(=O)Nc2cccc(F)c2)CC1. The molecule has 2 N–H and O–H groups in total. The summed E-state index contributed by atoms with van der Waals surface area (Å²) in [7, 11) is 0. The van der Waals surface area contributed by atoms with Crippen LogP contribution in [0.15, 0.2) is 24.3 Å². The number of nitrogens with zero attached hydrogens (tertiary/aromatic N) is 1. The monoisotopic (exact) mass is 320 g/mol. The standard InChI is InChI=1S/C17H22FN3O2/c1-12-9-15(12)17(23)21-7-5-20(6-8-21)11-16(22)19-14-4-2-3-13(18)10-14/h2-4,10,12,15H,5-9,11H2,1H3,(H,19,22)/p+1/t12-,15+/m0/s1. The van der Waals surface area contributed by atoms with Crippen LogP contribution in [0.1, 0.15) is 13.3 Å². The maximum Gasteiger partial charge on any atom is 0.279 e. The number of nitrogens with one attached hydrogen (secondary N) is 2. The van der Waals surface area contributed by atoms with E-state index in [0.717, 1.165) is 24.4 Å². The first kappa shape index (κ1) is 15.9. The van der Waals surface area contributed by atoms with Gasteiger partial charge in [0.1, 0.15) is 5.82 Å². The summed E-state index contributed by atoms with van der Waals surface area (Å²) in [5.74, 6) is 0.552. The zero-order valence-corrected chi connectivity index (χ0v) is 13.3. The number of carbonyl (C=O) groups excluding carboxylic acids is 2. The van der Waals surface area contributed by atoms with Crippen LogP contribution in [0, 0.1) is 17.7 Å². The van der Waals surface area contributed by atoms with Gasteiger partial charge in [-0.2, -0.15) is 0 Å². The molecule has 0 unspecified atom stereocenters. The molecule has 1 saturated heterocycles. The summed E-state index contributed by atoms with van der Waals surface area (Å²) in [4.78, 5) is 27.3. The van der Waals surface area contributed by atoms with Crippen LogP contribution in [0.5, 0.6) is 0 Å². The van der Waals surface area contributed by atoms with Gasteiger partial charge in [-0.05, 0) is 30.5 Å². The topological polar surface area (TPSA) is 53.9 Å². The van der Waals surface area contributed by atoms with Crippen molar-refractivity contribution in [2.45, 2.75) is 13.3 Å². The third-order valence-corrected chi connectivity index (χ3v) is 4.73. The molecular weight excluding hydrogens is 297 g/mol. The number of halogens is 1. The van der Waals surface area contributed by atoms with Crippen LogP contribution in [0.3, 0.4) is 0 Å². The van der Waals surface area contributed by atoms with Crippen molar-refractivity contribution in [2.75, 3.05) is 38.0 Å². The summed E-state index contributed by atoms with van der Waals surface area (Å²) in [5, 5.41) is 2.72. The number of amides is 2. The zero-order chi connectivity index (χ0) is 16.4. The Morgan fingerprint density at radius 3 is 2.65 bits per heavy atom. The predicted molar refractivity (Wildman–Crippen MR) is 84.4 cm³/mol. The predicted octanol–water partition coefficient (Wildman–Crippen LogP) is 0.147. The fourth-order valence-corrected chi connectivity index (χ4v) is 3.12. The van der Waals surface area contributed by atoms with E-state index in [1.807, 2.05) is 4.90 Å². The van der Waals surface area contributed by atoms with Crippen LogP contribution in [0.2, 0.25) is 0 Å². The van der Waals surface area contributed by atoms with E-state index in [0.29, 0.717) is 31.2 Å². The van der Waals surface area contributed by atoms with Crippen molar-refractivity contribution in [3.63, 3.8) is 0 Å². The number of anilines is 1. The van der Waals surface area contributed by atoms with Gasteiger partial charge in [-0.3, -0.25) is 9.59 Å². The summed E-state index contributed by atoms with van der Waals surface area (Å²) in [6.45, 7) is 5.45. The first-order valence-corrected chi connectivity index (χ1v) is 8.20. The molecule has 1 heterocycles. The molecule has 0 spiro atoms. The lowest BCUT2D eigenvalue weighted by Gasteiger charge is -2.32. The Morgan fingerprint density at radius 2 is 2.04 bits per heavy atom.